The quantitative estimate of drug-likeness (QED) is 0.871. The summed E-state index contributed by atoms with van der Waals surface area (Å²) in [5, 5.41) is 4.04. The van der Waals surface area contributed by atoms with Crippen LogP contribution in [0.2, 0.25) is 0 Å². The van der Waals surface area contributed by atoms with Crippen molar-refractivity contribution in [2.45, 2.75) is 57.5 Å². The average Bonchev–Trinajstić information content (AvgIpc) is 2.90. The molecular formula is C13H23N3O2. The highest BCUT2D eigenvalue weighted by Crippen LogP contribution is 2.38. The molecule has 1 aromatic heterocycles. The van der Waals surface area contributed by atoms with Crippen LogP contribution >= 0.6 is 0 Å². The number of rotatable bonds is 5. The van der Waals surface area contributed by atoms with Crippen molar-refractivity contribution in [2.24, 2.45) is 5.73 Å². The molecule has 5 nitrogen and oxygen atoms in total. The standard InChI is InChI=1S/C13H23N3O2/c1-3-17-10(2)11-15-12(18-16-11)13(9-14)7-5-4-6-8-13/h10H,3-9,14H2,1-2H3. The van der Waals surface area contributed by atoms with E-state index in [0.29, 0.717) is 24.9 Å². The maximum absolute atomic E-state index is 5.96. The minimum atomic E-state index is -0.120. The minimum absolute atomic E-state index is 0.102. The Morgan fingerprint density at radius 2 is 2.11 bits per heavy atom. The maximum atomic E-state index is 5.96. The van der Waals surface area contributed by atoms with Crippen LogP contribution < -0.4 is 5.73 Å². The van der Waals surface area contributed by atoms with E-state index >= 15 is 0 Å². The molecule has 0 saturated heterocycles. The molecule has 1 fully saturated rings. The van der Waals surface area contributed by atoms with E-state index in [4.69, 9.17) is 15.0 Å². The van der Waals surface area contributed by atoms with Gasteiger partial charge in [-0.3, -0.25) is 0 Å². The zero-order chi connectivity index (χ0) is 13.0. The third-order valence-electron chi connectivity index (χ3n) is 3.88. The van der Waals surface area contributed by atoms with Crippen molar-refractivity contribution in [3.8, 4) is 0 Å². The molecule has 1 aliphatic rings. The summed E-state index contributed by atoms with van der Waals surface area (Å²) >= 11 is 0. The molecule has 1 heterocycles. The summed E-state index contributed by atoms with van der Waals surface area (Å²) in [5.41, 5.74) is 5.85. The van der Waals surface area contributed by atoms with Crippen LogP contribution in [0, 0.1) is 0 Å². The van der Waals surface area contributed by atoms with Crippen LogP contribution in [0.4, 0.5) is 0 Å². The van der Waals surface area contributed by atoms with Crippen LogP contribution in [0.15, 0.2) is 4.52 Å². The SMILES string of the molecule is CCOC(C)c1noc(C2(CN)CCCCC2)n1. The zero-order valence-corrected chi connectivity index (χ0v) is 11.3. The van der Waals surface area contributed by atoms with Gasteiger partial charge in [-0.2, -0.15) is 4.98 Å². The van der Waals surface area contributed by atoms with Gasteiger partial charge in [0.15, 0.2) is 5.82 Å². The Kier molecular flexibility index (Phi) is 4.35. The number of aromatic nitrogens is 2. The van der Waals surface area contributed by atoms with E-state index in [1.54, 1.807) is 0 Å². The molecule has 1 saturated carbocycles. The van der Waals surface area contributed by atoms with Crippen molar-refractivity contribution in [2.75, 3.05) is 13.2 Å². The number of hydrogen-bond acceptors (Lipinski definition) is 5. The van der Waals surface area contributed by atoms with Crippen molar-refractivity contribution in [1.29, 1.82) is 0 Å². The largest absolute Gasteiger partial charge is 0.371 e. The molecule has 1 aromatic rings. The Balaban J connectivity index is 2.16. The molecule has 2 N–H and O–H groups in total. The summed E-state index contributed by atoms with van der Waals surface area (Å²) in [6.07, 6.45) is 5.64. The second-order valence-corrected chi connectivity index (χ2v) is 5.10. The van der Waals surface area contributed by atoms with Crippen LogP contribution in [-0.4, -0.2) is 23.3 Å². The van der Waals surface area contributed by atoms with Gasteiger partial charge in [0, 0.05) is 13.2 Å². The molecule has 0 aliphatic heterocycles. The summed E-state index contributed by atoms with van der Waals surface area (Å²) in [7, 11) is 0. The van der Waals surface area contributed by atoms with Gasteiger partial charge in [-0.25, -0.2) is 0 Å². The van der Waals surface area contributed by atoms with E-state index in [-0.39, 0.29) is 11.5 Å². The van der Waals surface area contributed by atoms with Crippen LogP contribution in [0.3, 0.4) is 0 Å². The van der Waals surface area contributed by atoms with Gasteiger partial charge < -0.3 is 15.0 Å². The molecule has 1 unspecified atom stereocenters. The number of nitrogens with zero attached hydrogens (tertiary/aromatic N) is 2. The molecule has 0 radical (unpaired) electrons. The Hall–Kier alpha value is -0.940. The summed E-state index contributed by atoms with van der Waals surface area (Å²) in [4.78, 5) is 4.51. The van der Waals surface area contributed by atoms with Gasteiger partial charge in [0.25, 0.3) is 0 Å². The van der Waals surface area contributed by atoms with E-state index in [9.17, 15) is 0 Å². The van der Waals surface area contributed by atoms with Crippen LogP contribution in [-0.2, 0) is 10.2 Å². The second kappa shape index (κ2) is 5.80. The summed E-state index contributed by atoms with van der Waals surface area (Å²) in [6, 6.07) is 0. The van der Waals surface area contributed by atoms with Gasteiger partial charge in [0.05, 0.1) is 5.41 Å². The van der Waals surface area contributed by atoms with E-state index in [1.165, 1.54) is 19.3 Å². The van der Waals surface area contributed by atoms with Gasteiger partial charge in [0.1, 0.15) is 6.10 Å². The Bertz CT molecular complexity index is 372. The van der Waals surface area contributed by atoms with Gasteiger partial charge in [-0.15, -0.1) is 0 Å². The first-order chi connectivity index (χ1) is 8.72. The monoisotopic (exact) mass is 253 g/mol. The average molecular weight is 253 g/mol. The lowest BCUT2D eigenvalue weighted by Crippen LogP contribution is -2.37. The fourth-order valence-corrected chi connectivity index (χ4v) is 2.67. The van der Waals surface area contributed by atoms with Crippen LogP contribution in [0.1, 0.15) is 63.8 Å². The van der Waals surface area contributed by atoms with Crippen LogP contribution in [0.5, 0.6) is 0 Å². The summed E-state index contributed by atoms with van der Waals surface area (Å²) in [6.45, 7) is 5.12. The predicted molar refractivity (Wildman–Crippen MR) is 68.2 cm³/mol. The molecule has 2 rings (SSSR count). The third kappa shape index (κ3) is 2.57. The Morgan fingerprint density at radius 3 is 2.72 bits per heavy atom. The van der Waals surface area contributed by atoms with Gasteiger partial charge in [-0.05, 0) is 26.7 Å². The first-order valence-electron chi connectivity index (χ1n) is 6.87. The molecule has 0 amide bonds. The normalized spacial score (nSPS) is 20.8. The first-order valence-corrected chi connectivity index (χ1v) is 6.87. The highest BCUT2D eigenvalue weighted by Gasteiger charge is 2.38. The number of hydrogen-bond donors (Lipinski definition) is 1. The number of ether oxygens (including phenoxy) is 1. The molecule has 0 aromatic carbocycles. The molecule has 0 spiro atoms. The Morgan fingerprint density at radius 1 is 1.39 bits per heavy atom. The lowest BCUT2D eigenvalue weighted by atomic mass is 9.74. The number of nitrogens with two attached hydrogens (primary N) is 1. The van der Waals surface area contributed by atoms with Crippen molar-refractivity contribution < 1.29 is 9.26 Å². The Labute approximate surface area is 108 Å². The molecule has 0 bridgehead atoms. The summed E-state index contributed by atoms with van der Waals surface area (Å²) < 4.78 is 10.9. The van der Waals surface area contributed by atoms with E-state index < -0.39 is 0 Å². The first kappa shape index (κ1) is 13.5. The van der Waals surface area contributed by atoms with Crippen molar-refractivity contribution in [1.82, 2.24) is 10.1 Å². The molecule has 1 aliphatic carbocycles. The van der Waals surface area contributed by atoms with Crippen molar-refractivity contribution in [3.63, 3.8) is 0 Å². The van der Waals surface area contributed by atoms with Crippen molar-refractivity contribution >= 4 is 0 Å². The highest BCUT2D eigenvalue weighted by molar-refractivity contribution is 5.08. The van der Waals surface area contributed by atoms with E-state index in [0.717, 1.165) is 12.8 Å². The molecule has 5 heteroatoms. The van der Waals surface area contributed by atoms with Crippen LogP contribution in [0.25, 0.3) is 0 Å². The maximum Gasteiger partial charge on any atom is 0.234 e. The minimum Gasteiger partial charge on any atom is -0.371 e. The molecule has 1 atom stereocenters. The van der Waals surface area contributed by atoms with E-state index in [2.05, 4.69) is 10.1 Å². The van der Waals surface area contributed by atoms with Gasteiger partial charge >= 0.3 is 0 Å². The molecule has 102 valence electrons. The third-order valence-corrected chi connectivity index (χ3v) is 3.88. The van der Waals surface area contributed by atoms with Crippen molar-refractivity contribution in [3.05, 3.63) is 11.7 Å². The zero-order valence-electron chi connectivity index (χ0n) is 11.3. The predicted octanol–water partition coefficient (Wildman–Crippen LogP) is 2.33. The lowest BCUT2D eigenvalue weighted by Gasteiger charge is -2.32. The fraction of sp³-hybridized carbons (Fsp3) is 0.846. The highest BCUT2D eigenvalue weighted by atomic mass is 16.5. The van der Waals surface area contributed by atoms with E-state index in [1.807, 2.05) is 13.8 Å². The fourth-order valence-electron chi connectivity index (χ4n) is 2.67. The molecular weight excluding hydrogens is 230 g/mol. The smallest absolute Gasteiger partial charge is 0.234 e. The summed E-state index contributed by atoms with van der Waals surface area (Å²) in [5.74, 6) is 1.33. The lowest BCUT2D eigenvalue weighted by molar-refractivity contribution is 0.0683. The van der Waals surface area contributed by atoms with Gasteiger partial charge in [0.2, 0.25) is 5.89 Å². The van der Waals surface area contributed by atoms with Gasteiger partial charge in [-0.1, -0.05) is 24.4 Å². The topological polar surface area (TPSA) is 74.2 Å². The molecule has 18 heavy (non-hydrogen) atoms. The second-order valence-electron chi connectivity index (χ2n) is 5.10.